The quantitative estimate of drug-likeness (QED) is 0.449. The van der Waals surface area contributed by atoms with Crippen LogP contribution in [0.3, 0.4) is 0 Å². The maximum absolute atomic E-state index is 2.50. The van der Waals surface area contributed by atoms with Crippen molar-refractivity contribution in [2.45, 2.75) is 36.2 Å². The van der Waals surface area contributed by atoms with E-state index >= 15 is 0 Å². The van der Waals surface area contributed by atoms with E-state index in [0.717, 1.165) is 0 Å². The number of rotatable bonds is 4. The minimum atomic E-state index is -1.53. The first-order valence-corrected chi connectivity index (χ1v) is 10.5. The van der Waals surface area contributed by atoms with Gasteiger partial charge in [-0.2, -0.15) is 0 Å². The molecule has 5 heteroatoms. The van der Waals surface area contributed by atoms with Crippen molar-refractivity contribution >= 4 is 13.3 Å². The van der Waals surface area contributed by atoms with Crippen molar-refractivity contribution in [1.82, 2.24) is 0 Å². The molecule has 0 bridgehead atoms. The summed E-state index contributed by atoms with van der Waals surface area (Å²) < 4.78 is 0.282. The van der Waals surface area contributed by atoms with Gasteiger partial charge in [0.15, 0.2) is 0 Å². The van der Waals surface area contributed by atoms with Gasteiger partial charge in [0.05, 0.1) is 0 Å². The third-order valence-corrected chi connectivity index (χ3v) is 12.1. The molecule has 0 nitrogen and oxygen atoms in total. The molecule has 0 amide bonds. The molecule has 1 aliphatic rings. The number of hydrogen-bond donors (Lipinski definition) is 0. The van der Waals surface area contributed by atoms with E-state index < -0.39 is 8.07 Å². The molecule has 1 aliphatic carbocycles. The first kappa shape index (κ1) is 23.8. The van der Waals surface area contributed by atoms with Crippen LogP contribution in [0.15, 0.2) is 54.1 Å². The molecule has 0 fully saturated rings. The topological polar surface area (TPSA) is 0 Å². The average molecular weight is 396 g/mol. The molecule has 1 atom stereocenters. The summed E-state index contributed by atoms with van der Waals surface area (Å²) in [4.78, 5) is 0. The fourth-order valence-electron chi connectivity index (χ4n) is 2.79. The molecule has 1 unspecified atom stereocenters. The van der Waals surface area contributed by atoms with E-state index in [1.54, 1.807) is 10.8 Å². The Kier molecular flexibility index (Phi) is 10.9. The van der Waals surface area contributed by atoms with Crippen molar-refractivity contribution in [3.8, 4) is 0 Å². The predicted octanol–water partition coefficient (Wildman–Crippen LogP) is -4.84. The largest absolute Gasteiger partial charge is 1.00 e. The minimum absolute atomic E-state index is 0. The van der Waals surface area contributed by atoms with Crippen LogP contribution in [0.2, 0.25) is 16.4 Å². The zero-order chi connectivity index (χ0) is 13.2. The van der Waals surface area contributed by atoms with E-state index in [1.165, 1.54) is 12.8 Å². The smallest absolute Gasteiger partial charge is 1.00 e. The molecular formula is C16H21Cl3SiTi. The van der Waals surface area contributed by atoms with Crippen LogP contribution >= 0.6 is 0 Å². The van der Waals surface area contributed by atoms with Gasteiger partial charge in [-0.15, -0.1) is 0 Å². The molecule has 2 rings (SSSR count). The van der Waals surface area contributed by atoms with Gasteiger partial charge < -0.3 is 37.2 Å². The van der Waals surface area contributed by atoms with Gasteiger partial charge in [-0.25, -0.2) is 0 Å². The van der Waals surface area contributed by atoms with E-state index in [1.807, 2.05) is 0 Å². The Morgan fingerprint density at radius 1 is 1.05 bits per heavy atom. The molecule has 0 radical (unpaired) electrons. The van der Waals surface area contributed by atoms with Gasteiger partial charge in [0, 0.05) is 0 Å². The Bertz CT molecular complexity index is 486. The molecule has 0 heterocycles. The Hall–Kier alpha value is 0.501. The molecular weight excluding hydrogens is 374 g/mol. The molecule has 0 saturated heterocycles. The third kappa shape index (κ3) is 4.50. The normalized spacial score (nSPS) is 20.0. The number of allylic oxidation sites excluding steroid dienone is 4. The molecule has 0 saturated carbocycles. The Labute approximate surface area is 160 Å². The molecule has 21 heavy (non-hydrogen) atoms. The zero-order valence-electron chi connectivity index (χ0n) is 12.7. The molecule has 0 N–H and O–H groups in total. The number of hydrogen-bond acceptors (Lipinski definition) is 0. The van der Waals surface area contributed by atoms with E-state index in [9.17, 15) is 0 Å². The van der Waals surface area contributed by atoms with E-state index in [4.69, 9.17) is 0 Å². The second-order valence-corrected chi connectivity index (χ2v) is 12.2. The van der Waals surface area contributed by atoms with Gasteiger partial charge in [-0.3, -0.25) is 0 Å². The predicted molar refractivity (Wildman–Crippen MR) is 78.4 cm³/mol. The summed E-state index contributed by atoms with van der Waals surface area (Å²) in [6.45, 7) is 7.28. The zero-order valence-corrected chi connectivity index (χ0v) is 17.5. The van der Waals surface area contributed by atoms with Crippen LogP contribution in [0.5, 0.6) is 0 Å². The monoisotopic (exact) mass is 394 g/mol. The molecule has 0 spiro atoms. The first-order valence-electron chi connectivity index (χ1n) is 6.72. The second-order valence-electron chi connectivity index (χ2n) is 5.60. The van der Waals surface area contributed by atoms with E-state index in [-0.39, 0.29) is 40.6 Å². The summed E-state index contributed by atoms with van der Waals surface area (Å²) in [5.41, 5.74) is 1.63. The summed E-state index contributed by atoms with van der Waals surface area (Å²) in [5, 5.41) is 1.56. The van der Waals surface area contributed by atoms with Gasteiger partial charge >= 0.3 is 124 Å². The van der Waals surface area contributed by atoms with Crippen molar-refractivity contribution in [1.29, 1.82) is 0 Å². The first-order chi connectivity index (χ1) is 8.52. The summed E-state index contributed by atoms with van der Waals surface area (Å²) in [6, 6.07) is 11.1. The van der Waals surface area contributed by atoms with E-state index in [0.29, 0.717) is 0 Å². The molecule has 0 aromatic heterocycles. The minimum Gasteiger partial charge on any atom is -1.00 e. The van der Waals surface area contributed by atoms with Crippen molar-refractivity contribution in [3.05, 3.63) is 54.1 Å². The maximum Gasteiger partial charge on any atom is -1.00 e. The Balaban J connectivity index is 0. The number of benzene rings is 1. The van der Waals surface area contributed by atoms with E-state index in [2.05, 4.69) is 89.0 Å². The van der Waals surface area contributed by atoms with Crippen molar-refractivity contribution < 1.29 is 57.7 Å². The summed E-state index contributed by atoms with van der Waals surface area (Å²) in [7, 11) is -1.53. The van der Waals surface area contributed by atoms with Crippen molar-refractivity contribution in [2.75, 3.05) is 0 Å². The van der Waals surface area contributed by atoms with Crippen LogP contribution in [0.25, 0.3) is 0 Å². The standard InChI is InChI=1S/C16H21Si.3ClH.Ti/c1-4-9-14-10-8-13-16(14)17(2,3)15-11-6-5-7-12-15;;;;/h5-8,10-13H,4,9H2,1-3H3;3*1H;/q;;;;+3/p-3. The van der Waals surface area contributed by atoms with Crippen molar-refractivity contribution in [2.24, 2.45) is 0 Å². The second kappa shape index (κ2) is 9.60. The van der Waals surface area contributed by atoms with Gasteiger partial charge in [0.2, 0.25) is 0 Å². The Morgan fingerprint density at radius 2 is 1.62 bits per heavy atom. The van der Waals surface area contributed by atoms with Gasteiger partial charge in [0.1, 0.15) is 0 Å². The number of halogens is 3. The fraction of sp³-hybridized carbons (Fsp3) is 0.375. The third-order valence-electron chi connectivity index (χ3n) is 4.15. The summed E-state index contributed by atoms with van der Waals surface area (Å²) in [6.07, 6.45) is 9.52. The average Bonchev–Trinajstić information content (AvgIpc) is 2.74. The van der Waals surface area contributed by atoms with Crippen LogP contribution in [0.1, 0.15) is 19.8 Å². The van der Waals surface area contributed by atoms with Crippen molar-refractivity contribution in [3.63, 3.8) is 0 Å². The summed E-state index contributed by atoms with van der Waals surface area (Å²) >= 11 is 2.44. The Morgan fingerprint density at radius 3 is 2.14 bits per heavy atom. The SMILES string of the molecule is CCCC1=CC=C[C]1([Ti+3])[Si](C)(C)c1ccccc1.[Cl-].[Cl-].[Cl-]. The molecule has 1 aromatic carbocycles. The van der Waals surface area contributed by atoms with Crippen LogP contribution in [-0.2, 0) is 20.4 Å². The maximum atomic E-state index is 2.50. The van der Waals surface area contributed by atoms with Gasteiger partial charge in [-0.05, 0) is 0 Å². The van der Waals surface area contributed by atoms with Gasteiger partial charge in [0.25, 0.3) is 0 Å². The fourth-order valence-corrected chi connectivity index (χ4v) is 6.95. The molecule has 114 valence electrons. The van der Waals surface area contributed by atoms with Crippen LogP contribution in [0.4, 0.5) is 0 Å². The molecule has 1 aromatic rings. The van der Waals surface area contributed by atoms with Crippen LogP contribution in [0, 0.1) is 0 Å². The van der Waals surface area contributed by atoms with Gasteiger partial charge in [-0.1, -0.05) is 0 Å². The van der Waals surface area contributed by atoms with Crippen LogP contribution < -0.4 is 42.4 Å². The van der Waals surface area contributed by atoms with Crippen LogP contribution in [-0.4, -0.2) is 8.07 Å². The summed E-state index contributed by atoms with van der Waals surface area (Å²) in [5.74, 6) is 0. The molecule has 0 aliphatic heterocycles.